The van der Waals surface area contributed by atoms with Gasteiger partial charge in [0.25, 0.3) is 0 Å². The van der Waals surface area contributed by atoms with Crippen molar-refractivity contribution in [2.75, 3.05) is 14.2 Å². The molecule has 0 fully saturated rings. The molecule has 2 atom stereocenters. The normalized spacial score (nSPS) is 14.7. The van der Waals surface area contributed by atoms with Gasteiger partial charge in [0.05, 0.1) is 20.8 Å². The minimum atomic E-state index is -2.61. The number of carbonyl (C=O) groups excluding carboxylic acids is 2. The fourth-order valence-corrected chi connectivity index (χ4v) is 4.00. The van der Waals surface area contributed by atoms with E-state index in [0.717, 1.165) is 18.7 Å². The SMILES string of the molecule is COC(=O)[C@@](OCc1ccc(Br)cc1)(c1ccccc1)[C@](O)(/C=C/c1ccc(Cl)cc1)C(=O)OC. The molecule has 0 saturated heterocycles. The zero-order valence-electron chi connectivity index (χ0n) is 19.1. The number of hydrogen-bond donors (Lipinski definition) is 1. The molecule has 0 saturated carbocycles. The molecule has 3 aromatic rings. The van der Waals surface area contributed by atoms with Crippen LogP contribution in [-0.2, 0) is 36.0 Å². The van der Waals surface area contributed by atoms with Gasteiger partial charge in [-0.1, -0.05) is 88.2 Å². The predicted molar refractivity (Wildman–Crippen MR) is 137 cm³/mol. The summed E-state index contributed by atoms with van der Waals surface area (Å²) in [5.74, 6) is -2.08. The Hall–Kier alpha value is -2.97. The number of ether oxygens (including phenoxy) is 3. The van der Waals surface area contributed by atoms with Gasteiger partial charge in [0.1, 0.15) is 0 Å². The third kappa shape index (κ3) is 5.65. The molecule has 1 N–H and O–H groups in total. The third-order valence-corrected chi connectivity index (χ3v) is 6.22. The first-order valence-corrected chi connectivity index (χ1v) is 11.7. The Bertz CT molecular complexity index is 1180. The number of halogens is 2. The van der Waals surface area contributed by atoms with Crippen LogP contribution in [0.1, 0.15) is 16.7 Å². The maximum Gasteiger partial charge on any atom is 0.346 e. The molecule has 0 amide bonds. The fourth-order valence-electron chi connectivity index (χ4n) is 3.61. The van der Waals surface area contributed by atoms with E-state index in [1.54, 1.807) is 66.7 Å². The Morgan fingerprint density at radius 3 is 2.09 bits per heavy atom. The van der Waals surface area contributed by atoms with E-state index in [4.69, 9.17) is 25.8 Å². The van der Waals surface area contributed by atoms with E-state index in [9.17, 15) is 14.7 Å². The zero-order valence-corrected chi connectivity index (χ0v) is 21.5. The van der Waals surface area contributed by atoms with Gasteiger partial charge in [-0.25, -0.2) is 9.59 Å². The van der Waals surface area contributed by atoms with Gasteiger partial charge in [0.15, 0.2) is 0 Å². The Morgan fingerprint density at radius 1 is 0.914 bits per heavy atom. The van der Waals surface area contributed by atoms with Crippen molar-refractivity contribution < 1.29 is 28.9 Å². The van der Waals surface area contributed by atoms with Crippen LogP contribution in [0.3, 0.4) is 0 Å². The first-order valence-electron chi connectivity index (χ1n) is 10.5. The Labute approximate surface area is 217 Å². The fraction of sp³-hybridized carbons (Fsp3) is 0.185. The van der Waals surface area contributed by atoms with Crippen LogP contribution in [0.15, 0.2) is 89.4 Å². The number of rotatable bonds is 9. The molecule has 6 nitrogen and oxygen atoms in total. The minimum absolute atomic E-state index is 0.120. The summed E-state index contributed by atoms with van der Waals surface area (Å²) in [7, 11) is 2.27. The first-order chi connectivity index (χ1) is 16.8. The molecular formula is C27H24BrClO6. The van der Waals surface area contributed by atoms with E-state index in [1.807, 2.05) is 12.1 Å². The van der Waals surface area contributed by atoms with Crippen LogP contribution < -0.4 is 0 Å². The maximum absolute atomic E-state index is 13.5. The van der Waals surface area contributed by atoms with E-state index >= 15 is 0 Å². The van der Waals surface area contributed by atoms with Crippen LogP contribution in [0.2, 0.25) is 5.02 Å². The Balaban J connectivity index is 2.21. The van der Waals surface area contributed by atoms with Crippen LogP contribution in [0, 0.1) is 0 Å². The van der Waals surface area contributed by atoms with Crippen molar-refractivity contribution >= 4 is 45.5 Å². The van der Waals surface area contributed by atoms with Crippen LogP contribution in [0.25, 0.3) is 6.08 Å². The van der Waals surface area contributed by atoms with Crippen molar-refractivity contribution in [2.24, 2.45) is 0 Å². The minimum Gasteiger partial charge on any atom is -0.467 e. The number of aliphatic hydroxyl groups is 1. The van der Waals surface area contributed by atoms with E-state index in [2.05, 4.69) is 15.9 Å². The summed E-state index contributed by atoms with van der Waals surface area (Å²) in [5, 5.41) is 12.5. The Kier molecular flexibility index (Phi) is 8.86. The summed E-state index contributed by atoms with van der Waals surface area (Å²) in [6.07, 6.45) is 2.66. The molecule has 0 aromatic heterocycles. The number of carbonyl (C=O) groups is 2. The lowest BCUT2D eigenvalue weighted by atomic mass is 9.76. The molecule has 182 valence electrons. The standard InChI is InChI=1S/C27H24BrClO6/c1-33-24(30)26(32,17-16-19-10-14-23(29)15-11-19)27(25(31)34-2,21-6-4-3-5-7-21)35-18-20-8-12-22(28)13-9-20/h3-17,32H,18H2,1-2H3/b17-16+/t26-,27-/m0/s1. The van der Waals surface area contributed by atoms with Crippen molar-refractivity contribution in [3.05, 3.63) is 111 Å². The molecular weight excluding hydrogens is 536 g/mol. The molecule has 0 radical (unpaired) electrons. The zero-order chi connectivity index (χ0) is 25.5. The van der Waals surface area contributed by atoms with Crippen molar-refractivity contribution in [2.45, 2.75) is 17.8 Å². The summed E-state index contributed by atoms with van der Waals surface area (Å²) in [5.41, 5.74) is -3.38. The highest BCUT2D eigenvalue weighted by Gasteiger charge is 2.63. The summed E-state index contributed by atoms with van der Waals surface area (Å²) in [6.45, 7) is -0.120. The molecule has 3 rings (SSSR count). The van der Waals surface area contributed by atoms with E-state index < -0.39 is 23.1 Å². The van der Waals surface area contributed by atoms with E-state index in [1.165, 1.54) is 12.2 Å². The van der Waals surface area contributed by atoms with Gasteiger partial charge in [-0.3, -0.25) is 0 Å². The molecule has 3 aromatic carbocycles. The molecule has 0 aliphatic heterocycles. The van der Waals surface area contributed by atoms with Gasteiger partial charge in [-0.15, -0.1) is 0 Å². The predicted octanol–water partition coefficient (Wildman–Crippen LogP) is 5.31. The molecule has 8 heteroatoms. The summed E-state index contributed by atoms with van der Waals surface area (Å²) in [6, 6.07) is 22.1. The van der Waals surface area contributed by atoms with Gasteiger partial charge in [0.2, 0.25) is 11.2 Å². The average Bonchev–Trinajstić information content (AvgIpc) is 2.89. The molecule has 35 heavy (non-hydrogen) atoms. The van der Waals surface area contributed by atoms with Gasteiger partial charge >= 0.3 is 11.9 Å². The van der Waals surface area contributed by atoms with Crippen LogP contribution in [-0.4, -0.2) is 36.9 Å². The second kappa shape index (κ2) is 11.6. The van der Waals surface area contributed by atoms with Crippen molar-refractivity contribution in [3.8, 4) is 0 Å². The van der Waals surface area contributed by atoms with Crippen LogP contribution in [0.5, 0.6) is 0 Å². The molecule has 0 unspecified atom stereocenters. The third-order valence-electron chi connectivity index (χ3n) is 5.44. The smallest absolute Gasteiger partial charge is 0.346 e. The van der Waals surface area contributed by atoms with Crippen molar-refractivity contribution in [3.63, 3.8) is 0 Å². The van der Waals surface area contributed by atoms with Gasteiger partial charge < -0.3 is 19.3 Å². The number of benzene rings is 3. The number of esters is 2. The molecule has 0 spiro atoms. The molecule has 0 bridgehead atoms. The highest BCUT2D eigenvalue weighted by atomic mass is 79.9. The quantitative estimate of drug-likeness (QED) is 0.358. The lowest BCUT2D eigenvalue weighted by Crippen LogP contribution is -2.62. The molecule has 0 aliphatic rings. The van der Waals surface area contributed by atoms with Crippen LogP contribution >= 0.6 is 27.5 Å². The van der Waals surface area contributed by atoms with E-state index in [0.29, 0.717) is 16.1 Å². The maximum atomic E-state index is 13.5. The second-order valence-corrected chi connectivity index (χ2v) is 8.95. The summed E-state index contributed by atoms with van der Waals surface area (Å²) < 4.78 is 17.1. The lowest BCUT2D eigenvalue weighted by Gasteiger charge is -2.41. The number of methoxy groups -OCH3 is 2. The number of hydrogen-bond acceptors (Lipinski definition) is 6. The summed E-state index contributed by atoms with van der Waals surface area (Å²) >= 11 is 9.35. The monoisotopic (exact) mass is 558 g/mol. The van der Waals surface area contributed by atoms with Gasteiger partial charge in [0, 0.05) is 9.50 Å². The highest BCUT2D eigenvalue weighted by Crippen LogP contribution is 2.42. The summed E-state index contributed by atoms with van der Waals surface area (Å²) in [4.78, 5) is 26.6. The largest absolute Gasteiger partial charge is 0.467 e. The first kappa shape index (κ1) is 26.6. The van der Waals surface area contributed by atoms with Crippen molar-refractivity contribution in [1.82, 2.24) is 0 Å². The molecule has 0 heterocycles. The molecule has 0 aliphatic carbocycles. The van der Waals surface area contributed by atoms with Gasteiger partial charge in [-0.05, 0) is 47.0 Å². The van der Waals surface area contributed by atoms with E-state index in [-0.39, 0.29) is 12.2 Å². The topological polar surface area (TPSA) is 82.1 Å². The van der Waals surface area contributed by atoms with Crippen molar-refractivity contribution in [1.29, 1.82) is 0 Å². The van der Waals surface area contributed by atoms with Crippen LogP contribution in [0.4, 0.5) is 0 Å². The average molecular weight is 560 g/mol. The second-order valence-electron chi connectivity index (χ2n) is 7.60. The highest BCUT2D eigenvalue weighted by molar-refractivity contribution is 9.10. The Morgan fingerprint density at radius 2 is 1.51 bits per heavy atom. The lowest BCUT2D eigenvalue weighted by molar-refractivity contribution is -0.218. The van der Waals surface area contributed by atoms with Gasteiger partial charge in [-0.2, -0.15) is 0 Å².